The van der Waals surface area contributed by atoms with Crippen molar-refractivity contribution in [2.45, 2.75) is 31.6 Å². The van der Waals surface area contributed by atoms with Crippen LogP contribution in [0.15, 0.2) is 78.0 Å². The zero-order valence-electron chi connectivity index (χ0n) is 20.2. The van der Waals surface area contributed by atoms with Crippen molar-refractivity contribution in [3.05, 3.63) is 89.1 Å². The van der Waals surface area contributed by atoms with Gasteiger partial charge in [0.2, 0.25) is 15.9 Å². The van der Waals surface area contributed by atoms with Crippen molar-refractivity contribution < 1.29 is 27.4 Å². The number of amides is 1. The number of carbonyl (C=O) groups excluding carboxylic acids is 1. The molecule has 1 amide bonds. The van der Waals surface area contributed by atoms with Crippen molar-refractivity contribution in [1.29, 1.82) is 0 Å². The van der Waals surface area contributed by atoms with Crippen LogP contribution in [-0.4, -0.2) is 40.3 Å². The van der Waals surface area contributed by atoms with Gasteiger partial charge in [0.15, 0.2) is 17.3 Å². The topological polar surface area (TPSA) is 143 Å². The summed E-state index contributed by atoms with van der Waals surface area (Å²) in [6.07, 6.45) is 2.68. The van der Waals surface area contributed by atoms with Crippen LogP contribution >= 0.6 is 0 Å². The minimum atomic E-state index is -3.84. The van der Waals surface area contributed by atoms with Crippen LogP contribution in [0.25, 0.3) is 0 Å². The number of hydrogen-bond acceptors (Lipinski definition) is 7. The van der Waals surface area contributed by atoms with Crippen LogP contribution < -0.4 is 16.2 Å². The Morgan fingerprint density at radius 1 is 1.03 bits per heavy atom. The van der Waals surface area contributed by atoms with Crippen molar-refractivity contribution in [2.75, 3.05) is 26.5 Å². The third-order valence-corrected chi connectivity index (χ3v) is 6.28. The zero-order chi connectivity index (χ0) is 25.8. The van der Waals surface area contributed by atoms with Gasteiger partial charge in [-0.05, 0) is 42.2 Å². The molecule has 2 aromatic rings. The zero-order valence-corrected chi connectivity index (χ0v) is 21.0. The number of hydrogen-bond donors (Lipinski definition) is 3. The van der Waals surface area contributed by atoms with Crippen LogP contribution in [0.4, 0.5) is 5.69 Å². The molecule has 1 aliphatic carbocycles. The Balaban J connectivity index is 0.000000303. The Kier molecular flexibility index (Phi) is 10.6. The van der Waals surface area contributed by atoms with E-state index in [0.717, 1.165) is 18.5 Å². The van der Waals surface area contributed by atoms with E-state index in [9.17, 15) is 13.2 Å². The third-order valence-electron chi connectivity index (χ3n) is 5.08. The standard InChI is InChI=1S/C15H20N2O5S.C10H13NO/c1-20-12-7-8-13(23(17,18)19)15(14(12)21-2)22-9-10-3-5-11(16)6-4-10;1-9(12)11-8-7-10-5-3-2-4-6-10/h3-7,13H,8-9,16H2,1-2H3,(H2,17,18,19);2-6H,7-8H2,1H3,(H,11,12). The summed E-state index contributed by atoms with van der Waals surface area (Å²) < 4.78 is 39.8. The van der Waals surface area contributed by atoms with Crippen molar-refractivity contribution in [2.24, 2.45) is 5.14 Å². The maximum absolute atomic E-state index is 11.8. The first-order chi connectivity index (χ1) is 16.7. The maximum atomic E-state index is 11.8. The van der Waals surface area contributed by atoms with E-state index in [1.54, 1.807) is 30.3 Å². The predicted molar refractivity (Wildman–Crippen MR) is 135 cm³/mol. The normalized spacial score (nSPS) is 15.3. The summed E-state index contributed by atoms with van der Waals surface area (Å²) in [6.45, 7) is 2.41. The van der Waals surface area contributed by atoms with Crippen LogP contribution in [0.2, 0.25) is 0 Å². The number of nitrogen functional groups attached to an aromatic ring is 1. The lowest BCUT2D eigenvalue weighted by Crippen LogP contribution is -2.34. The first-order valence-corrected chi connectivity index (χ1v) is 12.6. The highest BCUT2D eigenvalue weighted by molar-refractivity contribution is 7.90. The number of allylic oxidation sites excluding steroid dienone is 1. The average molecular weight is 504 g/mol. The van der Waals surface area contributed by atoms with Crippen molar-refractivity contribution in [1.82, 2.24) is 5.32 Å². The van der Waals surface area contributed by atoms with Gasteiger partial charge in [-0.25, -0.2) is 13.6 Å². The van der Waals surface area contributed by atoms with Crippen LogP contribution in [-0.2, 0) is 42.1 Å². The maximum Gasteiger partial charge on any atom is 0.219 e. The van der Waals surface area contributed by atoms with Gasteiger partial charge >= 0.3 is 0 Å². The average Bonchev–Trinajstić information content (AvgIpc) is 2.83. The molecule has 5 N–H and O–H groups in total. The Hall–Kier alpha value is -3.50. The van der Waals surface area contributed by atoms with Gasteiger partial charge in [0, 0.05) is 19.2 Å². The summed E-state index contributed by atoms with van der Waals surface area (Å²) in [5.74, 6) is 0.824. The van der Waals surface area contributed by atoms with Gasteiger partial charge in [0.25, 0.3) is 0 Å². The van der Waals surface area contributed by atoms with E-state index in [4.69, 9.17) is 25.1 Å². The molecule has 1 atom stereocenters. The number of carbonyl (C=O) groups is 1. The van der Waals surface area contributed by atoms with Gasteiger partial charge in [0.1, 0.15) is 11.9 Å². The van der Waals surface area contributed by atoms with Crippen molar-refractivity contribution >= 4 is 21.6 Å². The molecular weight excluding hydrogens is 470 g/mol. The molecule has 0 spiro atoms. The Bertz CT molecular complexity index is 1130. The fourth-order valence-electron chi connectivity index (χ4n) is 3.30. The minimum Gasteiger partial charge on any atom is -0.493 e. The number of ether oxygens (including phenoxy) is 3. The number of sulfonamides is 1. The largest absolute Gasteiger partial charge is 0.493 e. The monoisotopic (exact) mass is 503 g/mol. The quantitative estimate of drug-likeness (QED) is 0.446. The smallest absolute Gasteiger partial charge is 0.219 e. The van der Waals surface area contributed by atoms with Crippen LogP contribution in [0.5, 0.6) is 0 Å². The Morgan fingerprint density at radius 2 is 1.69 bits per heavy atom. The summed E-state index contributed by atoms with van der Waals surface area (Å²) in [7, 11) is -0.955. The first-order valence-electron chi connectivity index (χ1n) is 11.0. The van der Waals surface area contributed by atoms with Gasteiger partial charge in [0.05, 0.1) is 14.2 Å². The second-order valence-electron chi connectivity index (χ2n) is 7.73. The molecule has 0 bridgehead atoms. The van der Waals surface area contributed by atoms with Gasteiger partial charge in [-0.15, -0.1) is 0 Å². The summed E-state index contributed by atoms with van der Waals surface area (Å²) in [6, 6.07) is 17.2. The number of rotatable bonds is 9. The van der Waals surface area contributed by atoms with Gasteiger partial charge in [-0.3, -0.25) is 4.79 Å². The van der Waals surface area contributed by atoms with Gasteiger partial charge < -0.3 is 25.3 Å². The van der Waals surface area contributed by atoms with E-state index in [0.29, 0.717) is 11.4 Å². The molecule has 0 saturated carbocycles. The van der Waals surface area contributed by atoms with Crippen LogP contribution in [0.3, 0.4) is 0 Å². The molecule has 3 rings (SSSR count). The van der Waals surface area contributed by atoms with E-state index in [2.05, 4.69) is 17.4 Å². The third kappa shape index (κ3) is 8.99. The number of methoxy groups -OCH3 is 2. The molecule has 35 heavy (non-hydrogen) atoms. The first kappa shape index (κ1) is 27.7. The second-order valence-corrected chi connectivity index (χ2v) is 9.48. The number of benzene rings is 2. The highest BCUT2D eigenvalue weighted by Gasteiger charge is 2.35. The molecule has 9 nitrogen and oxygen atoms in total. The lowest BCUT2D eigenvalue weighted by molar-refractivity contribution is -0.118. The minimum absolute atomic E-state index is 0.0333. The molecule has 0 heterocycles. The molecule has 2 aromatic carbocycles. The van der Waals surface area contributed by atoms with E-state index in [-0.39, 0.29) is 30.5 Å². The number of nitrogens with two attached hydrogens (primary N) is 2. The lowest BCUT2D eigenvalue weighted by atomic mass is 10.1. The van der Waals surface area contributed by atoms with Crippen molar-refractivity contribution in [3.8, 4) is 0 Å². The summed E-state index contributed by atoms with van der Waals surface area (Å²) in [5, 5.41) is 7.06. The predicted octanol–water partition coefficient (Wildman–Crippen LogP) is 2.60. The fourth-order valence-corrected chi connectivity index (χ4v) is 4.14. The van der Waals surface area contributed by atoms with E-state index in [1.165, 1.54) is 26.7 Å². The van der Waals surface area contributed by atoms with Gasteiger partial charge in [-0.1, -0.05) is 42.5 Å². The van der Waals surface area contributed by atoms with Gasteiger partial charge in [-0.2, -0.15) is 0 Å². The lowest BCUT2D eigenvalue weighted by Gasteiger charge is -2.25. The number of anilines is 1. The molecule has 1 aliphatic rings. The van der Waals surface area contributed by atoms with E-state index >= 15 is 0 Å². The molecule has 0 fully saturated rings. The Morgan fingerprint density at radius 3 is 2.23 bits per heavy atom. The fraction of sp³-hybridized carbons (Fsp3) is 0.320. The summed E-state index contributed by atoms with van der Waals surface area (Å²) in [5.41, 5.74) is 8.36. The highest BCUT2D eigenvalue weighted by atomic mass is 32.2. The molecule has 0 aliphatic heterocycles. The van der Waals surface area contributed by atoms with Crippen LogP contribution in [0.1, 0.15) is 24.5 Å². The molecule has 1 unspecified atom stereocenters. The Labute approximate surface area is 206 Å². The van der Waals surface area contributed by atoms with Crippen LogP contribution in [0, 0.1) is 0 Å². The molecule has 190 valence electrons. The SMILES string of the molecule is CC(=O)NCCc1ccccc1.COC1=CCC(S(N)(=O)=O)C(OCc2ccc(N)cc2)=C1OC. The molecule has 10 heteroatoms. The van der Waals surface area contributed by atoms with E-state index in [1.807, 2.05) is 18.2 Å². The summed E-state index contributed by atoms with van der Waals surface area (Å²) in [4.78, 5) is 10.5. The second kappa shape index (κ2) is 13.4. The number of primary sulfonamides is 1. The number of nitrogens with one attached hydrogen (secondary N) is 1. The summed E-state index contributed by atoms with van der Waals surface area (Å²) >= 11 is 0. The molecular formula is C25H33N3O6S. The van der Waals surface area contributed by atoms with Crippen molar-refractivity contribution in [3.63, 3.8) is 0 Å². The molecule has 0 saturated heterocycles. The molecule has 0 radical (unpaired) electrons. The highest BCUT2D eigenvalue weighted by Crippen LogP contribution is 2.31. The van der Waals surface area contributed by atoms with E-state index < -0.39 is 15.3 Å². The molecule has 0 aromatic heterocycles.